The van der Waals surface area contributed by atoms with Gasteiger partial charge in [-0.25, -0.2) is 14.4 Å². The molecule has 0 saturated carbocycles. The molecule has 0 amide bonds. The molecule has 1 saturated heterocycles. The summed E-state index contributed by atoms with van der Waals surface area (Å²) in [5.41, 5.74) is 7.30. The lowest BCUT2D eigenvalue weighted by Gasteiger charge is -2.37. The second-order valence-corrected chi connectivity index (χ2v) is 11.7. The summed E-state index contributed by atoms with van der Waals surface area (Å²) in [6, 6.07) is 24.0. The van der Waals surface area contributed by atoms with E-state index in [9.17, 15) is 9.65 Å². The highest BCUT2D eigenvalue weighted by atomic mass is 19.1. The molecular formula is C37H41FN4O. The predicted molar refractivity (Wildman–Crippen MR) is 171 cm³/mol. The molecule has 5 nitrogen and oxygen atoms in total. The van der Waals surface area contributed by atoms with Crippen molar-refractivity contribution in [3.63, 3.8) is 0 Å². The van der Waals surface area contributed by atoms with Gasteiger partial charge in [0.25, 0.3) is 0 Å². The molecule has 4 aromatic rings. The summed E-state index contributed by atoms with van der Waals surface area (Å²) >= 11 is 0. The maximum atomic E-state index is 14.8. The zero-order valence-electron chi connectivity index (χ0n) is 26.0. The first-order valence-corrected chi connectivity index (χ1v) is 15.5. The number of fused-ring (bicyclic) bond motifs is 1. The van der Waals surface area contributed by atoms with Crippen molar-refractivity contribution in [2.75, 3.05) is 18.0 Å². The van der Waals surface area contributed by atoms with E-state index in [1.165, 1.54) is 17.2 Å². The van der Waals surface area contributed by atoms with Crippen LogP contribution in [-0.4, -0.2) is 23.1 Å². The van der Waals surface area contributed by atoms with E-state index < -0.39 is 5.41 Å². The highest BCUT2D eigenvalue weighted by Gasteiger charge is 2.37. The Morgan fingerprint density at radius 1 is 0.930 bits per heavy atom. The lowest BCUT2D eigenvalue weighted by Crippen LogP contribution is -2.42. The summed E-state index contributed by atoms with van der Waals surface area (Å²) in [4.78, 5) is 11.9. The molecule has 222 valence electrons. The Hall–Kier alpha value is -4.24. The Morgan fingerprint density at radius 3 is 2.28 bits per heavy atom. The molecular weight excluding hydrogens is 535 g/mol. The summed E-state index contributed by atoms with van der Waals surface area (Å²) in [5.74, 6) is 1.82. The molecule has 1 aromatic heterocycles. The van der Waals surface area contributed by atoms with Crippen molar-refractivity contribution in [3.05, 3.63) is 106 Å². The molecule has 2 aliphatic rings. The average molecular weight is 577 g/mol. The van der Waals surface area contributed by atoms with Crippen LogP contribution in [0.25, 0.3) is 11.1 Å². The van der Waals surface area contributed by atoms with Gasteiger partial charge >= 0.3 is 0 Å². The fourth-order valence-corrected chi connectivity index (χ4v) is 6.47. The average Bonchev–Trinajstić information content (AvgIpc) is 3.41. The normalized spacial score (nSPS) is 17.0. The maximum absolute atomic E-state index is 14.8. The van der Waals surface area contributed by atoms with Gasteiger partial charge in [-0.1, -0.05) is 63.2 Å². The number of aromatic nitrogens is 2. The molecule has 3 aromatic carbocycles. The molecule has 1 fully saturated rings. The van der Waals surface area contributed by atoms with E-state index in [2.05, 4.69) is 30.0 Å². The zero-order chi connectivity index (χ0) is 30.6. The van der Waals surface area contributed by atoms with Crippen LogP contribution in [-0.2, 0) is 24.9 Å². The molecule has 0 radical (unpaired) electrons. The summed E-state index contributed by atoms with van der Waals surface area (Å²) in [5, 5.41) is 10.1. The minimum absolute atomic E-state index is 0.154. The van der Waals surface area contributed by atoms with Crippen molar-refractivity contribution in [2.24, 2.45) is 5.92 Å². The largest absolute Gasteiger partial charge is 0.489 e. The summed E-state index contributed by atoms with van der Waals surface area (Å²) in [6.07, 6.45) is 3.62. The van der Waals surface area contributed by atoms with Gasteiger partial charge in [0, 0.05) is 24.2 Å². The molecule has 1 atom stereocenters. The molecule has 0 bridgehead atoms. The Balaban J connectivity index is 0.00000180. The Labute approximate surface area is 255 Å². The summed E-state index contributed by atoms with van der Waals surface area (Å²) in [7, 11) is 0. The third-order valence-electron chi connectivity index (χ3n) is 8.74. The predicted octanol–water partition coefficient (Wildman–Crippen LogP) is 8.30. The van der Waals surface area contributed by atoms with Crippen molar-refractivity contribution >= 4 is 5.95 Å². The van der Waals surface area contributed by atoms with Crippen LogP contribution in [0.2, 0.25) is 0 Å². The standard InChI is InChI=1S/C35H35FN4O.C2H6/c1-23-17-26-9-11-31(20-28(26)18-23)41-21-29-19-27(10-12-32(29)36)33-24(2)38-34(39-25(33)3)40-15-13-35(22-37,14-16-40)30-7-5-4-6-8-30;1-2/h4-12,19-20,23H,13-18,21H2,1-3H3;1-2H3. The first kappa shape index (κ1) is 30.2. The van der Waals surface area contributed by atoms with Gasteiger partial charge in [-0.2, -0.15) is 5.26 Å². The fraction of sp³-hybridized carbons (Fsp3) is 0.378. The van der Waals surface area contributed by atoms with Crippen molar-refractivity contribution < 1.29 is 9.13 Å². The van der Waals surface area contributed by atoms with E-state index in [-0.39, 0.29) is 12.4 Å². The number of aryl methyl sites for hydroxylation is 2. The van der Waals surface area contributed by atoms with E-state index in [0.717, 1.165) is 59.5 Å². The molecule has 1 unspecified atom stereocenters. The molecule has 6 heteroatoms. The number of rotatable bonds is 6. The van der Waals surface area contributed by atoms with Crippen LogP contribution < -0.4 is 9.64 Å². The van der Waals surface area contributed by atoms with Crippen LogP contribution in [0.5, 0.6) is 5.75 Å². The minimum Gasteiger partial charge on any atom is -0.489 e. The molecule has 1 aliphatic carbocycles. The molecule has 43 heavy (non-hydrogen) atoms. The number of piperidine rings is 1. The molecule has 1 aliphatic heterocycles. The fourth-order valence-electron chi connectivity index (χ4n) is 6.47. The lowest BCUT2D eigenvalue weighted by molar-refractivity contribution is 0.299. The summed E-state index contributed by atoms with van der Waals surface area (Å²) in [6.45, 7) is 11.8. The molecule has 6 rings (SSSR count). The number of nitriles is 1. The highest BCUT2D eigenvalue weighted by molar-refractivity contribution is 5.69. The van der Waals surface area contributed by atoms with Crippen molar-refractivity contribution in [3.8, 4) is 22.9 Å². The SMILES string of the molecule is CC.Cc1nc(N2CCC(C#N)(c3ccccc3)CC2)nc(C)c1-c1ccc(F)c(COc2ccc3c(c2)CC(C)C3)c1. The van der Waals surface area contributed by atoms with E-state index in [1.807, 2.05) is 70.2 Å². The van der Waals surface area contributed by atoms with Gasteiger partial charge < -0.3 is 9.64 Å². The number of halogens is 1. The first-order valence-electron chi connectivity index (χ1n) is 15.5. The van der Waals surface area contributed by atoms with E-state index in [4.69, 9.17) is 14.7 Å². The zero-order valence-corrected chi connectivity index (χ0v) is 26.0. The molecule has 0 N–H and O–H groups in total. The van der Waals surface area contributed by atoms with Gasteiger partial charge in [0.1, 0.15) is 18.2 Å². The quantitative estimate of drug-likeness (QED) is 0.231. The Bertz CT molecular complexity index is 1600. The topological polar surface area (TPSA) is 62.0 Å². The Morgan fingerprint density at radius 2 is 1.60 bits per heavy atom. The smallest absolute Gasteiger partial charge is 0.225 e. The van der Waals surface area contributed by atoms with Gasteiger partial charge in [0.15, 0.2) is 0 Å². The number of hydrogen-bond donors (Lipinski definition) is 0. The van der Waals surface area contributed by atoms with Crippen molar-refractivity contribution in [2.45, 2.75) is 72.3 Å². The number of ether oxygens (including phenoxy) is 1. The van der Waals surface area contributed by atoms with Gasteiger partial charge in [-0.15, -0.1) is 0 Å². The van der Waals surface area contributed by atoms with Crippen LogP contribution in [0.15, 0.2) is 66.7 Å². The van der Waals surface area contributed by atoms with Gasteiger partial charge in [-0.3, -0.25) is 0 Å². The second kappa shape index (κ2) is 13.0. The van der Waals surface area contributed by atoms with Crippen molar-refractivity contribution in [1.82, 2.24) is 9.97 Å². The van der Waals surface area contributed by atoms with Crippen LogP contribution in [0, 0.1) is 36.9 Å². The van der Waals surface area contributed by atoms with Gasteiger partial charge in [0.05, 0.1) is 22.9 Å². The van der Waals surface area contributed by atoms with Crippen molar-refractivity contribution in [1.29, 1.82) is 5.26 Å². The van der Waals surface area contributed by atoms with E-state index in [0.29, 0.717) is 30.5 Å². The number of nitrogens with zero attached hydrogens (tertiary/aromatic N) is 4. The number of benzene rings is 3. The van der Waals surface area contributed by atoms with Crippen LogP contribution in [0.1, 0.15) is 67.3 Å². The van der Waals surface area contributed by atoms with E-state index in [1.54, 1.807) is 6.07 Å². The lowest BCUT2D eigenvalue weighted by atomic mass is 9.74. The molecule has 2 heterocycles. The second-order valence-electron chi connectivity index (χ2n) is 11.7. The van der Waals surface area contributed by atoms with E-state index >= 15 is 0 Å². The number of anilines is 1. The van der Waals surface area contributed by atoms with Gasteiger partial charge in [-0.05, 0) is 92.0 Å². The minimum atomic E-state index is -0.480. The van der Waals surface area contributed by atoms with Gasteiger partial charge in [0.2, 0.25) is 5.95 Å². The Kier molecular flexibility index (Phi) is 9.11. The molecule has 0 spiro atoms. The first-order chi connectivity index (χ1) is 20.8. The van der Waals surface area contributed by atoms with Crippen LogP contribution in [0.4, 0.5) is 10.3 Å². The monoisotopic (exact) mass is 576 g/mol. The third kappa shape index (κ3) is 6.27. The third-order valence-corrected chi connectivity index (χ3v) is 8.74. The van der Waals surface area contributed by atoms with Crippen LogP contribution in [0.3, 0.4) is 0 Å². The summed E-state index contributed by atoms with van der Waals surface area (Å²) < 4.78 is 20.9. The highest BCUT2D eigenvalue weighted by Crippen LogP contribution is 2.37. The van der Waals surface area contributed by atoms with Crippen LogP contribution >= 0.6 is 0 Å². The maximum Gasteiger partial charge on any atom is 0.225 e. The number of hydrogen-bond acceptors (Lipinski definition) is 5.